The van der Waals surface area contributed by atoms with Gasteiger partial charge in [0, 0.05) is 16.6 Å². The van der Waals surface area contributed by atoms with Gasteiger partial charge < -0.3 is 5.32 Å². The first-order chi connectivity index (χ1) is 7.87. The Morgan fingerprint density at radius 1 is 1.24 bits per heavy atom. The van der Waals surface area contributed by atoms with Crippen LogP contribution in [0.4, 0.5) is 0 Å². The van der Waals surface area contributed by atoms with E-state index in [-0.39, 0.29) is 5.91 Å². The molecule has 0 aromatic heterocycles. The van der Waals surface area contributed by atoms with Crippen molar-refractivity contribution in [3.8, 4) is 0 Å². The zero-order valence-electron chi connectivity index (χ0n) is 10.3. The van der Waals surface area contributed by atoms with Crippen molar-refractivity contribution in [1.29, 1.82) is 0 Å². The number of hydrogen-bond acceptors (Lipinski definition) is 1. The van der Waals surface area contributed by atoms with E-state index < -0.39 is 5.41 Å². The average Bonchev–Trinajstić information content (AvgIpc) is 2.24. The van der Waals surface area contributed by atoms with Gasteiger partial charge in [0.2, 0.25) is 5.91 Å². The van der Waals surface area contributed by atoms with E-state index in [0.717, 1.165) is 12.0 Å². The summed E-state index contributed by atoms with van der Waals surface area (Å²) < 4.78 is 0. The van der Waals surface area contributed by atoms with Crippen LogP contribution in [0.15, 0.2) is 18.2 Å². The summed E-state index contributed by atoms with van der Waals surface area (Å²) in [6.07, 6.45) is 0.915. The fourth-order valence-corrected chi connectivity index (χ4v) is 2.03. The first-order valence-corrected chi connectivity index (χ1v) is 6.38. The highest BCUT2D eigenvalue weighted by atomic mass is 35.5. The molecule has 0 bridgehead atoms. The Hall–Kier alpha value is -0.730. The number of halogens is 2. The zero-order chi connectivity index (χ0) is 13.1. The molecular formula is C13H17Cl2NO. The molecule has 0 radical (unpaired) electrons. The monoisotopic (exact) mass is 273 g/mol. The lowest BCUT2D eigenvalue weighted by atomic mass is 9.83. The molecular weight excluding hydrogens is 257 g/mol. The summed E-state index contributed by atoms with van der Waals surface area (Å²) in [6.45, 7) is 6.42. The van der Waals surface area contributed by atoms with Gasteiger partial charge in [0.1, 0.15) is 0 Å². The van der Waals surface area contributed by atoms with Crippen LogP contribution in [0.2, 0.25) is 10.0 Å². The van der Waals surface area contributed by atoms with E-state index in [1.54, 1.807) is 18.2 Å². The van der Waals surface area contributed by atoms with Gasteiger partial charge >= 0.3 is 0 Å². The predicted octanol–water partition coefficient (Wildman–Crippen LogP) is 3.80. The minimum atomic E-state index is -0.635. The molecule has 0 saturated carbocycles. The van der Waals surface area contributed by atoms with Crippen LogP contribution in [0.25, 0.3) is 0 Å². The summed E-state index contributed by atoms with van der Waals surface area (Å²) in [7, 11) is 0. The number of hydrogen-bond donors (Lipinski definition) is 1. The lowest BCUT2D eigenvalue weighted by Gasteiger charge is -2.24. The summed E-state index contributed by atoms with van der Waals surface area (Å²) in [6, 6.07) is 5.21. The molecule has 1 aromatic rings. The maximum absolute atomic E-state index is 12.0. The SMILES string of the molecule is CCCNC(=O)C(C)(C)c1cc(Cl)cc(Cl)c1. The molecule has 1 rings (SSSR count). The summed E-state index contributed by atoms with van der Waals surface area (Å²) >= 11 is 11.9. The van der Waals surface area contributed by atoms with Gasteiger partial charge in [-0.3, -0.25) is 4.79 Å². The topological polar surface area (TPSA) is 29.1 Å². The molecule has 1 amide bonds. The molecule has 1 aromatic carbocycles. The van der Waals surface area contributed by atoms with Crippen molar-refractivity contribution in [1.82, 2.24) is 5.32 Å². The largest absolute Gasteiger partial charge is 0.355 e. The van der Waals surface area contributed by atoms with Crippen molar-refractivity contribution in [2.45, 2.75) is 32.6 Å². The van der Waals surface area contributed by atoms with Crippen molar-refractivity contribution < 1.29 is 4.79 Å². The molecule has 0 unspecified atom stereocenters. The van der Waals surface area contributed by atoms with Gasteiger partial charge in [0.15, 0.2) is 0 Å². The minimum absolute atomic E-state index is 0.0160. The highest BCUT2D eigenvalue weighted by Crippen LogP contribution is 2.29. The van der Waals surface area contributed by atoms with Crippen LogP contribution in [-0.4, -0.2) is 12.5 Å². The Labute approximate surface area is 112 Å². The first-order valence-electron chi connectivity index (χ1n) is 5.62. The van der Waals surface area contributed by atoms with Crippen molar-refractivity contribution in [3.63, 3.8) is 0 Å². The van der Waals surface area contributed by atoms with Crippen LogP contribution in [0.3, 0.4) is 0 Å². The predicted molar refractivity (Wildman–Crippen MR) is 72.8 cm³/mol. The number of carbonyl (C=O) groups is 1. The van der Waals surface area contributed by atoms with E-state index in [2.05, 4.69) is 5.32 Å². The Balaban J connectivity index is 2.99. The van der Waals surface area contributed by atoms with Crippen molar-refractivity contribution in [2.24, 2.45) is 0 Å². The van der Waals surface area contributed by atoms with Crippen molar-refractivity contribution >= 4 is 29.1 Å². The van der Waals surface area contributed by atoms with Gasteiger partial charge in [0.05, 0.1) is 5.41 Å². The third-order valence-electron chi connectivity index (χ3n) is 2.69. The number of benzene rings is 1. The van der Waals surface area contributed by atoms with Crippen molar-refractivity contribution in [3.05, 3.63) is 33.8 Å². The number of nitrogens with one attached hydrogen (secondary N) is 1. The van der Waals surface area contributed by atoms with Crippen LogP contribution in [-0.2, 0) is 10.2 Å². The molecule has 0 saturated heterocycles. The van der Waals surface area contributed by atoms with Gasteiger partial charge in [0.25, 0.3) is 0 Å². The van der Waals surface area contributed by atoms with Crippen LogP contribution in [0, 0.1) is 0 Å². The smallest absolute Gasteiger partial charge is 0.230 e. The summed E-state index contributed by atoms with van der Waals surface area (Å²) in [5.74, 6) is -0.0160. The molecule has 0 atom stereocenters. The van der Waals surface area contributed by atoms with Crippen LogP contribution < -0.4 is 5.32 Å². The third-order valence-corrected chi connectivity index (χ3v) is 3.12. The maximum Gasteiger partial charge on any atom is 0.230 e. The average molecular weight is 274 g/mol. The molecule has 1 N–H and O–H groups in total. The molecule has 4 heteroatoms. The molecule has 17 heavy (non-hydrogen) atoms. The third kappa shape index (κ3) is 3.62. The Bertz CT molecular complexity index is 396. The fraction of sp³-hybridized carbons (Fsp3) is 0.462. The van der Waals surface area contributed by atoms with E-state index in [0.29, 0.717) is 16.6 Å². The van der Waals surface area contributed by atoms with Gasteiger partial charge in [-0.25, -0.2) is 0 Å². The molecule has 0 aliphatic rings. The maximum atomic E-state index is 12.0. The second-order valence-electron chi connectivity index (χ2n) is 4.54. The first kappa shape index (κ1) is 14.3. The molecule has 0 aliphatic carbocycles. The van der Waals surface area contributed by atoms with E-state index in [1.807, 2.05) is 20.8 Å². The summed E-state index contributed by atoms with van der Waals surface area (Å²) in [5, 5.41) is 3.98. The Kier molecular flexibility index (Phi) is 4.84. The lowest BCUT2D eigenvalue weighted by Crippen LogP contribution is -2.40. The molecule has 2 nitrogen and oxygen atoms in total. The molecule has 0 fully saturated rings. The highest BCUT2D eigenvalue weighted by Gasteiger charge is 2.29. The van der Waals surface area contributed by atoms with Crippen LogP contribution >= 0.6 is 23.2 Å². The second-order valence-corrected chi connectivity index (χ2v) is 5.41. The molecule has 0 spiro atoms. The summed E-state index contributed by atoms with van der Waals surface area (Å²) in [5.41, 5.74) is 0.188. The number of carbonyl (C=O) groups excluding carboxylic acids is 1. The lowest BCUT2D eigenvalue weighted by molar-refractivity contribution is -0.125. The minimum Gasteiger partial charge on any atom is -0.355 e. The quantitative estimate of drug-likeness (QED) is 0.889. The molecule has 0 aliphatic heterocycles. The zero-order valence-corrected chi connectivity index (χ0v) is 11.8. The highest BCUT2D eigenvalue weighted by molar-refractivity contribution is 6.34. The second kappa shape index (κ2) is 5.74. The van der Waals surface area contributed by atoms with Gasteiger partial charge in [-0.05, 0) is 44.0 Å². The van der Waals surface area contributed by atoms with Crippen LogP contribution in [0.5, 0.6) is 0 Å². The fourth-order valence-electron chi connectivity index (χ4n) is 1.51. The van der Waals surface area contributed by atoms with Crippen LogP contribution in [0.1, 0.15) is 32.8 Å². The van der Waals surface area contributed by atoms with Gasteiger partial charge in [-0.1, -0.05) is 30.1 Å². The summed E-state index contributed by atoms with van der Waals surface area (Å²) in [4.78, 5) is 12.0. The van der Waals surface area contributed by atoms with E-state index >= 15 is 0 Å². The van der Waals surface area contributed by atoms with Gasteiger partial charge in [-0.15, -0.1) is 0 Å². The normalized spacial score (nSPS) is 11.4. The van der Waals surface area contributed by atoms with Gasteiger partial charge in [-0.2, -0.15) is 0 Å². The Morgan fingerprint density at radius 3 is 2.24 bits per heavy atom. The Morgan fingerprint density at radius 2 is 1.76 bits per heavy atom. The van der Waals surface area contributed by atoms with E-state index in [1.165, 1.54) is 0 Å². The molecule has 94 valence electrons. The van der Waals surface area contributed by atoms with E-state index in [4.69, 9.17) is 23.2 Å². The number of amides is 1. The van der Waals surface area contributed by atoms with Crippen molar-refractivity contribution in [2.75, 3.05) is 6.54 Å². The number of rotatable bonds is 4. The standard InChI is InChI=1S/C13H17Cl2NO/c1-4-5-16-12(17)13(2,3)9-6-10(14)8-11(15)7-9/h6-8H,4-5H2,1-3H3,(H,16,17). The van der Waals surface area contributed by atoms with E-state index in [9.17, 15) is 4.79 Å². The molecule has 0 heterocycles.